The standard InChI is InChI=1S/C16H23NO3/c1-16(2,19-3)8-9-17-15(18)13-6-7-14-12(11-13)5-4-10-20-14/h6-7,11H,4-5,8-10H2,1-3H3,(H,17,18). The maximum absolute atomic E-state index is 12.1. The SMILES string of the molecule is COC(C)(C)CCNC(=O)c1ccc2c(c1)CCCO2. The fourth-order valence-corrected chi connectivity index (χ4v) is 2.18. The van der Waals surface area contributed by atoms with Gasteiger partial charge in [-0.25, -0.2) is 0 Å². The Balaban J connectivity index is 1.93. The Morgan fingerprint density at radius 3 is 3.00 bits per heavy atom. The lowest BCUT2D eigenvalue weighted by Crippen LogP contribution is -2.32. The molecule has 0 atom stereocenters. The summed E-state index contributed by atoms with van der Waals surface area (Å²) in [7, 11) is 1.69. The second kappa shape index (κ2) is 6.27. The van der Waals surface area contributed by atoms with Crippen LogP contribution >= 0.6 is 0 Å². The molecular weight excluding hydrogens is 254 g/mol. The number of methoxy groups -OCH3 is 1. The maximum Gasteiger partial charge on any atom is 0.251 e. The van der Waals surface area contributed by atoms with Crippen LogP contribution in [0.15, 0.2) is 18.2 Å². The predicted molar refractivity (Wildman–Crippen MR) is 78.3 cm³/mol. The lowest BCUT2D eigenvalue weighted by Gasteiger charge is -2.23. The molecular formula is C16H23NO3. The summed E-state index contributed by atoms with van der Waals surface area (Å²) in [5.74, 6) is 0.874. The molecule has 1 aromatic carbocycles. The zero-order valence-electron chi connectivity index (χ0n) is 12.5. The summed E-state index contributed by atoms with van der Waals surface area (Å²) in [4.78, 5) is 12.1. The van der Waals surface area contributed by atoms with Crippen molar-refractivity contribution < 1.29 is 14.3 Å². The first kappa shape index (κ1) is 14.9. The van der Waals surface area contributed by atoms with E-state index in [1.165, 1.54) is 0 Å². The highest BCUT2D eigenvalue weighted by atomic mass is 16.5. The number of amides is 1. The number of ether oxygens (including phenoxy) is 2. The minimum atomic E-state index is -0.211. The average molecular weight is 277 g/mol. The molecule has 2 rings (SSSR count). The van der Waals surface area contributed by atoms with Crippen molar-refractivity contribution in [1.29, 1.82) is 0 Å². The maximum atomic E-state index is 12.1. The second-order valence-corrected chi connectivity index (χ2v) is 5.74. The number of carbonyl (C=O) groups excluding carboxylic acids is 1. The van der Waals surface area contributed by atoms with Gasteiger partial charge in [0.05, 0.1) is 12.2 Å². The first-order chi connectivity index (χ1) is 9.52. The van der Waals surface area contributed by atoms with E-state index in [4.69, 9.17) is 9.47 Å². The molecule has 20 heavy (non-hydrogen) atoms. The highest BCUT2D eigenvalue weighted by Gasteiger charge is 2.17. The first-order valence-corrected chi connectivity index (χ1v) is 7.11. The van der Waals surface area contributed by atoms with Crippen molar-refractivity contribution in [3.05, 3.63) is 29.3 Å². The van der Waals surface area contributed by atoms with Crippen molar-refractivity contribution in [2.75, 3.05) is 20.3 Å². The van der Waals surface area contributed by atoms with Crippen LogP contribution in [0, 0.1) is 0 Å². The number of fused-ring (bicyclic) bond motifs is 1. The summed E-state index contributed by atoms with van der Waals surface area (Å²) in [6.45, 7) is 5.39. The lowest BCUT2D eigenvalue weighted by atomic mass is 10.0. The van der Waals surface area contributed by atoms with E-state index in [2.05, 4.69) is 5.32 Å². The molecule has 1 amide bonds. The Labute approximate surface area is 120 Å². The van der Waals surface area contributed by atoms with Gasteiger partial charge in [0, 0.05) is 19.2 Å². The number of aryl methyl sites for hydroxylation is 1. The molecule has 0 saturated heterocycles. The van der Waals surface area contributed by atoms with E-state index in [9.17, 15) is 4.79 Å². The fraction of sp³-hybridized carbons (Fsp3) is 0.562. The number of benzene rings is 1. The van der Waals surface area contributed by atoms with Crippen molar-refractivity contribution in [3.63, 3.8) is 0 Å². The van der Waals surface area contributed by atoms with Crippen LogP contribution in [0.4, 0.5) is 0 Å². The van der Waals surface area contributed by atoms with Gasteiger partial charge in [-0.2, -0.15) is 0 Å². The molecule has 0 saturated carbocycles. The van der Waals surface area contributed by atoms with E-state index < -0.39 is 0 Å². The molecule has 1 aliphatic heterocycles. The molecule has 0 spiro atoms. The van der Waals surface area contributed by atoms with E-state index in [-0.39, 0.29) is 11.5 Å². The van der Waals surface area contributed by atoms with Gasteiger partial charge in [-0.05, 0) is 56.9 Å². The molecule has 0 radical (unpaired) electrons. The Morgan fingerprint density at radius 1 is 1.45 bits per heavy atom. The molecule has 110 valence electrons. The molecule has 0 fully saturated rings. The number of nitrogens with one attached hydrogen (secondary N) is 1. The quantitative estimate of drug-likeness (QED) is 0.899. The van der Waals surface area contributed by atoms with Gasteiger partial charge in [-0.15, -0.1) is 0 Å². The molecule has 0 aromatic heterocycles. The van der Waals surface area contributed by atoms with Crippen LogP contribution < -0.4 is 10.1 Å². The summed E-state index contributed by atoms with van der Waals surface area (Å²) < 4.78 is 10.9. The summed E-state index contributed by atoms with van der Waals surface area (Å²) >= 11 is 0. The monoisotopic (exact) mass is 277 g/mol. The third-order valence-electron chi connectivity index (χ3n) is 3.74. The Hall–Kier alpha value is -1.55. The number of hydrogen-bond donors (Lipinski definition) is 1. The Kier molecular flexibility index (Phi) is 4.65. The third kappa shape index (κ3) is 3.73. The third-order valence-corrected chi connectivity index (χ3v) is 3.74. The van der Waals surface area contributed by atoms with Gasteiger partial charge in [-0.1, -0.05) is 0 Å². The zero-order valence-corrected chi connectivity index (χ0v) is 12.5. The predicted octanol–water partition coefficient (Wildman–Crippen LogP) is 2.56. The van der Waals surface area contributed by atoms with Crippen LogP contribution in [-0.2, 0) is 11.2 Å². The van der Waals surface area contributed by atoms with Crippen LogP contribution in [-0.4, -0.2) is 31.8 Å². The van der Waals surface area contributed by atoms with Crippen LogP contribution in [0.3, 0.4) is 0 Å². The van der Waals surface area contributed by atoms with Gasteiger partial charge in [0.15, 0.2) is 0 Å². The lowest BCUT2D eigenvalue weighted by molar-refractivity contribution is 0.0160. The van der Waals surface area contributed by atoms with Gasteiger partial charge in [0.25, 0.3) is 5.91 Å². The normalized spacial score (nSPS) is 14.3. The Morgan fingerprint density at radius 2 is 2.25 bits per heavy atom. The highest BCUT2D eigenvalue weighted by Crippen LogP contribution is 2.25. The minimum absolute atomic E-state index is 0.0368. The van der Waals surface area contributed by atoms with Crippen molar-refractivity contribution >= 4 is 5.91 Å². The summed E-state index contributed by atoms with van der Waals surface area (Å²) in [5, 5.41) is 2.94. The smallest absolute Gasteiger partial charge is 0.251 e. The van der Waals surface area contributed by atoms with Crippen LogP contribution in [0.1, 0.15) is 42.6 Å². The van der Waals surface area contributed by atoms with Crippen molar-refractivity contribution in [2.45, 2.75) is 38.7 Å². The minimum Gasteiger partial charge on any atom is -0.493 e. The number of rotatable bonds is 5. The fourth-order valence-electron chi connectivity index (χ4n) is 2.18. The van der Waals surface area contributed by atoms with Crippen molar-refractivity contribution in [3.8, 4) is 5.75 Å². The number of hydrogen-bond acceptors (Lipinski definition) is 3. The largest absolute Gasteiger partial charge is 0.493 e. The van der Waals surface area contributed by atoms with Gasteiger partial charge in [0.2, 0.25) is 0 Å². The van der Waals surface area contributed by atoms with Crippen LogP contribution in [0.25, 0.3) is 0 Å². The van der Waals surface area contributed by atoms with E-state index >= 15 is 0 Å². The highest BCUT2D eigenvalue weighted by molar-refractivity contribution is 5.94. The van der Waals surface area contributed by atoms with E-state index in [0.29, 0.717) is 12.1 Å². The topological polar surface area (TPSA) is 47.6 Å². The molecule has 1 heterocycles. The molecule has 1 aromatic rings. The van der Waals surface area contributed by atoms with Crippen LogP contribution in [0.5, 0.6) is 5.75 Å². The second-order valence-electron chi connectivity index (χ2n) is 5.74. The van der Waals surface area contributed by atoms with Crippen molar-refractivity contribution in [1.82, 2.24) is 5.32 Å². The van der Waals surface area contributed by atoms with Crippen LogP contribution in [0.2, 0.25) is 0 Å². The number of carbonyl (C=O) groups is 1. The van der Waals surface area contributed by atoms with Crippen molar-refractivity contribution in [2.24, 2.45) is 0 Å². The molecule has 0 aliphatic carbocycles. The Bertz CT molecular complexity index is 483. The van der Waals surface area contributed by atoms with Gasteiger partial charge in [-0.3, -0.25) is 4.79 Å². The summed E-state index contributed by atoms with van der Waals surface area (Å²) in [5.41, 5.74) is 1.61. The molecule has 0 bridgehead atoms. The van der Waals surface area contributed by atoms with Gasteiger partial charge in [0.1, 0.15) is 5.75 Å². The summed E-state index contributed by atoms with van der Waals surface area (Å²) in [6.07, 6.45) is 2.77. The van der Waals surface area contributed by atoms with E-state index in [1.807, 2.05) is 32.0 Å². The first-order valence-electron chi connectivity index (χ1n) is 7.11. The molecule has 4 nitrogen and oxygen atoms in total. The zero-order chi connectivity index (χ0) is 14.6. The summed E-state index contributed by atoms with van der Waals surface area (Å²) in [6, 6.07) is 5.65. The molecule has 4 heteroatoms. The van der Waals surface area contributed by atoms with Gasteiger partial charge >= 0.3 is 0 Å². The average Bonchev–Trinajstić information content (AvgIpc) is 2.46. The molecule has 1 N–H and O–H groups in total. The van der Waals surface area contributed by atoms with E-state index in [0.717, 1.165) is 37.2 Å². The van der Waals surface area contributed by atoms with E-state index in [1.54, 1.807) is 7.11 Å². The molecule has 1 aliphatic rings. The molecule has 0 unspecified atom stereocenters. The van der Waals surface area contributed by atoms with Gasteiger partial charge < -0.3 is 14.8 Å².